The van der Waals surface area contributed by atoms with E-state index in [1.54, 1.807) is 18.2 Å². The van der Waals surface area contributed by atoms with E-state index >= 15 is 0 Å². The number of carbonyl (C=O) groups is 1. The van der Waals surface area contributed by atoms with Crippen molar-refractivity contribution in [3.63, 3.8) is 0 Å². The van der Waals surface area contributed by atoms with Crippen molar-refractivity contribution in [2.45, 2.75) is 33.6 Å². The lowest BCUT2D eigenvalue weighted by Crippen LogP contribution is -2.38. The zero-order valence-corrected chi connectivity index (χ0v) is 14.7. The van der Waals surface area contributed by atoms with Gasteiger partial charge in [0.2, 0.25) is 10.0 Å². The molecule has 0 unspecified atom stereocenters. The second-order valence-electron chi connectivity index (χ2n) is 6.33. The van der Waals surface area contributed by atoms with Crippen LogP contribution in [0.2, 0.25) is 0 Å². The normalized spacial score (nSPS) is 17.1. The summed E-state index contributed by atoms with van der Waals surface area (Å²) in [7, 11) is -3.22. The van der Waals surface area contributed by atoms with Gasteiger partial charge in [-0.15, -0.1) is 0 Å². The first-order valence-electron chi connectivity index (χ1n) is 7.95. The van der Waals surface area contributed by atoms with Crippen LogP contribution in [0.1, 0.15) is 32.3 Å². The van der Waals surface area contributed by atoms with Gasteiger partial charge in [0.25, 0.3) is 0 Å². The van der Waals surface area contributed by atoms with E-state index in [-0.39, 0.29) is 11.8 Å². The van der Waals surface area contributed by atoms with E-state index in [2.05, 4.69) is 10.6 Å². The van der Waals surface area contributed by atoms with Crippen molar-refractivity contribution in [1.29, 1.82) is 0 Å². The Morgan fingerprint density at radius 1 is 1.30 bits per heavy atom. The Hall–Kier alpha value is -1.76. The molecule has 1 aliphatic rings. The highest BCUT2D eigenvalue weighted by molar-refractivity contribution is 7.92. The average Bonchev–Trinajstić information content (AvgIpc) is 2.46. The summed E-state index contributed by atoms with van der Waals surface area (Å²) in [5.41, 5.74) is 2.18. The molecule has 6 nitrogen and oxygen atoms in total. The standard InChI is InChI=1S/C16H25N3O3S/c1-12(2)11-17-16(20)18-14-6-7-15(13(3)10-14)19-8-4-5-9-23(19,21)22/h6-7,10,12H,4-5,8-9,11H2,1-3H3,(H2,17,18,20). The van der Waals surface area contributed by atoms with Gasteiger partial charge >= 0.3 is 6.03 Å². The number of urea groups is 1. The van der Waals surface area contributed by atoms with E-state index in [4.69, 9.17) is 0 Å². The van der Waals surface area contributed by atoms with Crippen LogP contribution < -0.4 is 14.9 Å². The SMILES string of the molecule is Cc1cc(NC(=O)NCC(C)C)ccc1N1CCCCS1(=O)=O. The molecule has 0 spiro atoms. The van der Waals surface area contributed by atoms with Gasteiger partial charge in [0.15, 0.2) is 0 Å². The maximum Gasteiger partial charge on any atom is 0.319 e. The minimum atomic E-state index is -3.22. The Kier molecular flexibility index (Phi) is 5.51. The van der Waals surface area contributed by atoms with Gasteiger partial charge in [-0.1, -0.05) is 13.8 Å². The second kappa shape index (κ2) is 7.21. The van der Waals surface area contributed by atoms with Crippen molar-refractivity contribution in [3.05, 3.63) is 23.8 Å². The zero-order chi connectivity index (χ0) is 17.0. The molecular weight excluding hydrogens is 314 g/mol. The predicted octanol–water partition coefficient (Wildman–Crippen LogP) is 2.70. The number of carbonyl (C=O) groups excluding carboxylic acids is 1. The van der Waals surface area contributed by atoms with E-state index in [1.165, 1.54) is 4.31 Å². The Morgan fingerprint density at radius 3 is 2.65 bits per heavy atom. The summed E-state index contributed by atoms with van der Waals surface area (Å²) in [5.74, 6) is 0.582. The third kappa shape index (κ3) is 4.60. The monoisotopic (exact) mass is 339 g/mol. The maximum atomic E-state index is 12.2. The highest BCUT2D eigenvalue weighted by atomic mass is 32.2. The molecule has 1 aromatic rings. The maximum absolute atomic E-state index is 12.2. The lowest BCUT2D eigenvalue weighted by atomic mass is 10.1. The summed E-state index contributed by atoms with van der Waals surface area (Å²) in [6, 6.07) is 5.04. The molecule has 2 N–H and O–H groups in total. The summed E-state index contributed by atoms with van der Waals surface area (Å²) in [4.78, 5) is 11.8. The number of nitrogens with one attached hydrogen (secondary N) is 2. The van der Waals surface area contributed by atoms with Crippen molar-refractivity contribution in [2.75, 3.05) is 28.5 Å². The number of amides is 2. The summed E-state index contributed by atoms with van der Waals surface area (Å²) >= 11 is 0. The number of benzene rings is 1. The van der Waals surface area contributed by atoms with Crippen LogP contribution in [0.3, 0.4) is 0 Å². The number of sulfonamides is 1. The first kappa shape index (κ1) is 17.6. The fraction of sp³-hybridized carbons (Fsp3) is 0.562. The average molecular weight is 339 g/mol. The van der Waals surface area contributed by atoms with Crippen LogP contribution in [0.4, 0.5) is 16.2 Å². The van der Waals surface area contributed by atoms with Crippen LogP contribution >= 0.6 is 0 Å². The molecule has 1 aliphatic heterocycles. The molecule has 23 heavy (non-hydrogen) atoms. The third-order valence-electron chi connectivity index (χ3n) is 3.74. The Bertz CT molecular complexity index is 671. The molecule has 0 saturated carbocycles. The van der Waals surface area contributed by atoms with E-state index in [0.717, 1.165) is 12.0 Å². The minimum Gasteiger partial charge on any atom is -0.338 e. The summed E-state index contributed by atoms with van der Waals surface area (Å²) < 4.78 is 25.9. The van der Waals surface area contributed by atoms with Crippen molar-refractivity contribution < 1.29 is 13.2 Å². The van der Waals surface area contributed by atoms with Gasteiger partial charge in [0, 0.05) is 18.8 Å². The van der Waals surface area contributed by atoms with Gasteiger partial charge < -0.3 is 10.6 Å². The highest BCUT2D eigenvalue weighted by Crippen LogP contribution is 2.28. The quantitative estimate of drug-likeness (QED) is 0.885. The van der Waals surface area contributed by atoms with Crippen LogP contribution in [0.25, 0.3) is 0 Å². The van der Waals surface area contributed by atoms with Crippen molar-refractivity contribution in [2.24, 2.45) is 5.92 Å². The van der Waals surface area contributed by atoms with Gasteiger partial charge in [0.05, 0.1) is 11.4 Å². The van der Waals surface area contributed by atoms with E-state index in [1.807, 2.05) is 20.8 Å². The van der Waals surface area contributed by atoms with Gasteiger partial charge in [-0.2, -0.15) is 0 Å². The van der Waals surface area contributed by atoms with E-state index < -0.39 is 10.0 Å². The van der Waals surface area contributed by atoms with Crippen molar-refractivity contribution in [1.82, 2.24) is 5.32 Å². The number of hydrogen-bond donors (Lipinski definition) is 2. The minimum absolute atomic E-state index is 0.198. The molecule has 0 atom stereocenters. The van der Waals surface area contributed by atoms with Crippen molar-refractivity contribution in [3.8, 4) is 0 Å². The van der Waals surface area contributed by atoms with Crippen LogP contribution in [0.5, 0.6) is 0 Å². The second-order valence-corrected chi connectivity index (χ2v) is 8.34. The lowest BCUT2D eigenvalue weighted by Gasteiger charge is -2.29. The fourth-order valence-electron chi connectivity index (χ4n) is 2.54. The van der Waals surface area contributed by atoms with Gasteiger partial charge in [0.1, 0.15) is 0 Å². The Balaban J connectivity index is 2.10. The molecule has 128 valence electrons. The summed E-state index contributed by atoms with van der Waals surface area (Å²) in [5, 5.41) is 5.56. The number of rotatable bonds is 4. The van der Waals surface area contributed by atoms with E-state index in [0.29, 0.717) is 36.8 Å². The molecular formula is C16H25N3O3S. The van der Waals surface area contributed by atoms with Crippen LogP contribution in [-0.4, -0.2) is 33.3 Å². The molecule has 1 saturated heterocycles. The Morgan fingerprint density at radius 2 is 2.04 bits per heavy atom. The highest BCUT2D eigenvalue weighted by Gasteiger charge is 2.27. The molecule has 0 radical (unpaired) electrons. The number of hydrogen-bond acceptors (Lipinski definition) is 3. The molecule has 1 fully saturated rings. The topological polar surface area (TPSA) is 78.5 Å². The molecule has 0 aromatic heterocycles. The molecule has 0 bridgehead atoms. The molecule has 0 aliphatic carbocycles. The lowest BCUT2D eigenvalue weighted by molar-refractivity contribution is 0.251. The first-order valence-corrected chi connectivity index (χ1v) is 9.56. The third-order valence-corrected chi connectivity index (χ3v) is 5.60. The van der Waals surface area contributed by atoms with Gasteiger partial charge in [-0.3, -0.25) is 4.31 Å². The van der Waals surface area contributed by atoms with Crippen LogP contribution in [0, 0.1) is 12.8 Å². The largest absolute Gasteiger partial charge is 0.338 e. The predicted molar refractivity (Wildman–Crippen MR) is 93.4 cm³/mol. The number of anilines is 2. The molecule has 1 aromatic carbocycles. The van der Waals surface area contributed by atoms with Crippen LogP contribution in [-0.2, 0) is 10.0 Å². The van der Waals surface area contributed by atoms with Gasteiger partial charge in [-0.05, 0) is 49.4 Å². The molecule has 2 rings (SSSR count). The van der Waals surface area contributed by atoms with Gasteiger partial charge in [-0.25, -0.2) is 13.2 Å². The summed E-state index contributed by atoms with van der Waals surface area (Å²) in [6.07, 6.45) is 1.59. The molecule has 1 heterocycles. The number of aryl methyl sites for hydroxylation is 1. The van der Waals surface area contributed by atoms with Crippen molar-refractivity contribution >= 4 is 27.4 Å². The first-order chi connectivity index (χ1) is 10.8. The zero-order valence-electron chi connectivity index (χ0n) is 13.9. The Labute approximate surface area is 138 Å². The molecule has 7 heteroatoms. The summed E-state index contributed by atoms with van der Waals surface area (Å²) in [6.45, 7) is 7.03. The smallest absolute Gasteiger partial charge is 0.319 e. The fourth-order valence-corrected chi connectivity index (χ4v) is 4.25. The van der Waals surface area contributed by atoms with Crippen LogP contribution in [0.15, 0.2) is 18.2 Å². The molecule has 2 amide bonds. The number of nitrogens with zero attached hydrogens (tertiary/aromatic N) is 1. The van der Waals surface area contributed by atoms with E-state index in [9.17, 15) is 13.2 Å².